The molecule has 2 aliphatic carbocycles. The lowest BCUT2D eigenvalue weighted by Crippen LogP contribution is -2.36. The van der Waals surface area contributed by atoms with Crippen LogP contribution in [0, 0.1) is 5.92 Å². The third-order valence-electron chi connectivity index (χ3n) is 5.41. The van der Waals surface area contributed by atoms with E-state index in [0.29, 0.717) is 17.1 Å². The molecule has 152 valence electrons. The summed E-state index contributed by atoms with van der Waals surface area (Å²) in [7, 11) is 0. The van der Waals surface area contributed by atoms with Crippen molar-refractivity contribution in [3.8, 4) is 0 Å². The molecule has 1 aromatic rings. The first-order valence-corrected chi connectivity index (χ1v) is 10.9. The molecular weight excluding hydrogens is 376 g/mol. The molecule has 0 bridgehead atoms. The van der Waals surface area contributed by atoms with Gasteiger partial charge in [-0.1, -0.05) is 25.3 Å². The number of carbonyl (C=O) groups is 3. The Morgan fingerprint density at radius 2 is 1.96 bits per heavy atom. The summed E-state index contributed by atoms with van der Waals surface area (Å²) in [6, 6.07) is 0. The summed E-state index contributed by atoms with van der Waals surface area (Å²) >= 11 is 1.47. The molecular formula is C21H28N2O4S. The van der Waals surface area contributed by atoms with Crippen LogP contribution in [0.3, 0.4) is 0 Å². The van der Waals surface area contributed by atoms with Crippen molar-refractivity contribution < 1.29 is 19.1 Å². The van der Waals surface area contributed by atoms with Crippen LogP contribution in [0.1, 0.15) is 66.2 Å². The van der Waals surface area contributed by atoms with E-state index in [9.17, 15) is 14.4 Å². The second-order valence-corrected chi connectivity index (χ2v) is 8.57. The third kappa shape index (κ3) is 4.63. The van der Waals surface area contributed by atoms with Crippen molar-refractivity contribution >= 4 is 34.1 Å². The minimum atomic E-state index is -0.911. The summed E-state index contributed by atoms with van der Waals surface area (Å²) in [6.45, 7) is 5.41. The van der Waals surface area contributed by atoms with Crippen LogP contribution in [0.4, 0.5) is 5.00 Å². The van der Waals surface area contributed by atoms with Gasteiger partial charge in [-0.05, 0) is 44.6 Å². The van der Waals surface area contributed by atoms with E-state index in [1.54, 1.807) is 13.0 Å². The second-order valence-electron chi connectivity index (χ2n) is 7.47. The van der Waals surface area contributed by atoms with Gasteiger partial charge < -0.3 is 15.4 Å². The summed E-state index contributed by atoms with van der Waals surface area (Å²) < 4.78 is 5.42. The van der Waals surface area contributed by atoms with Gasteiger partial charge in [-0.25, -0.2) is 4.79 Å². The van der Waals surface area contributed by atoms with Crippen molar-refractivity contribution in [1.82, 2.24) is 5.32 Å². The van der Waals surface area contributed by atoms with Gasteiger partial charge in [-0.15, -0.1) is 17.9 Å². The second kappa shape index (κ2) is 9.37. The van der Waals surface area contributed by atoms with Crippen LogP contribution >= 0.6 is 11.3 Å². The Labute approximate surface area is 169 Å². The summed E-state index contributed by atoms with van der Waals surface area (Å²) in [4.78, 5) is 38.7. The van der Waals surface area contributed by atoms with Crippen molar-refractivity contribution in [2.24, 2.45) is 5.92 Å². The first kappa shape index (κ1) is 20.6. The number of carbonyl (C=O) groups excluding carboxylic acids is 3. The minimum absolute atomic E-state index is 0.00884. The summed E-state index contributed by atoms with van der Waals surface area (Å²) in [5.74, 6) is -0.906. The highest BCUT2D eigenvalue weighted by atomic mass is 32.1. The fraction of sp³-hybridized carbons (Fsp3) is 0.571. The quantitative estimate of drug-likeness (QED) is 0.537. The molecule has 1 fully saturated rings. The molecule has 0 aliphatic heterocycles. The highest BCUT2D eigenvalue weighted by Crippen LogP contribution is 2.40. The number of rotatable bonds is 7. The lowest BCUT2D eigenvalue weighted by molar-refractivity contribution is -0.128. The van der Waals surface area contributed by atoms with Gasteiger partial charge in [0.2, 0.25) is 5.91 Å². The molecule has 2 aliphatic rings. The van der Waals surface area contributed by atoms with Crippen molar-refractivity contribution in [2.45, 2.75) is 64.4 Å². The number of ether oxygens (including phenoxy) is 1. The molecule has 28 heavy (non-hydrogen) atoms. The van der Waals surface area contributed by atoms with Crippen LogP contribution in [-0.2, 0) is 27.2 Å². The van der Waals surface area contributed by atoms with E-state index in [2.05, 4.69) is 17.2 Å². The van der Waals surface area contributed by atoms with Crippen LogP contribution in [0.5, 0.6) is 0 Å². The topological polar surface area (TPSA) is 84.5 Å². The smallest absolute Gasteiger partial charge is 0.342 e. The third-order valence-corrected chi connectivity index (χ3v) is 6.62. The molecule has 2 N–H and O–H groups in total. The zero-order valence-electron chi connectivity index (χ0n) is 16.3. The Balaban J connectivity index is 1.74. The number of thiophene rings is 1. The molecule has 1 unspecified atom stereocenters. The number of nitrogens with one attached hydrogen (secondary N) is 2. The number of amides is 2. The van der Waals surface area contributed by atoms with Gasteiger partial charge in [0.1, 0.15) is 5.00 Å². The van der Waals surface area contributed by atoms with E-state index in [4.69, 9.17) is 4.74 Å². The molecule has 0 spiro atoms. The number of hydrogen-bond acceptors (Lipinski definition) is 5. The zero-order valence-corrected chi connectivity index (χ0v) is 17.2. The molecule has 1 saturated carbocycles. The van der Waals surface area contributed by atoms with Crippen LogP contribution in [0.2, 0.25) is 0 Å². The number of aryl methyl sites for hydroxylation is 1. The van der Waals surface area contributed by atoms with Gasteiger partial charge in [-0.2, -0.15) is 0 Å². The Morgan fingerprint density at radius 3 is 2.68 bits per heavy atom. The van der Waals surface area contributed by atoms with Crippen LogP contribution in [0.15, 0.2) is 12.7 Å². The lowest BCUT2D eigenvalue weighted by atomic mass is 9.89. The highest BCUT2D eigenvalue weighted by molar-refractivity contribution is 7.17. The van der Waals surface area contributed by atoms with Gasteiger partial charge in [0.05, 0.1) is 5.56 Å². The van der Waals surface area contributed by atoms with Crippen molar-refractivity contribution in [2.75, 3.05) is 11.9 Å². The molecule has 1 aromatic heterocycles. The molecule has 0 radical (unpaired) electrons. The Morgan fingerprint density at radius 1 is 1.21 bits per heavy atom. The molecule has 0 saturated heterocycles. The Kier molecular flexibility index (Phi) is 6.88. The highest BCUT2D eigenvalue weighted by Gasteiger charge is 2.31. The Hall–Kier alpha value is -2.15. The fourth-order valence-electron chi connectivity index (χ4n) is 3.88. The largest absolute Gasteiger partial charge is 0.449 e. The van der Waals surface area contributed by atoms with Crippen LogP contribution in [-0.4, -0.2) is 30.4 Å². The average Bonchev–Trinajstić information content (AvgIpc) is 3.27. The van der Waals surface area contributed by atoms with Crippen molar-refractivity contribution in [1.29, 1.82) is 0 Å². The van der Waals surface area contributed by atoms with E-state index >= 15 is 0 Å². The maximum absolute atomic E-state index is 12.9. The summed E-state index contributed by atoms with van der Waals surface area (Å²) in [5, 5.41) is 6.19. The van der Waals surface area contributed by atoms with Gasteiger partial charge >= 0.3 is 5.97 Å². The predicted molar refractivity (Wildman–Crippen MR) is 110 cm³/mol. The van der Waals surface area contributed by atoms with E-state index in [-0.39, 0.29) is 17.7 Å². The molecule has 3 rings (SSSR count). The monoisotopic (exact) mass is 404 g/mol. The van der Waals surface area contributed by atoms with Gasteiger partial charge in [-0.3, -0.25) is 9.59 Å². The predicted octanol–water partition coefficient (Wildman–Crippen LogP) is 3.60. The van der Waals surface area contributed by atoms with Crippen LogP contribution < -0.4 is 10.6 Å². The van der Waals surface area contributed by atoms with Gasteiger partial charge in [0.15, 0.2) is 6.10 Å². The SMILES string of the molecule is C=CCNC(=O)C(C)OC(=O)c1c(NC(=O)C2CCCCC2)sc2c1CCC2. The van der Waals surface area contributed by atoms with E-state index in [0.717, 1.165) is 55.4 Å². The fourth-order valence-corrected chi connectivity index (χ4v) is 5.16. The number of hydrogen-bond donors (Lipinski definition) is 2. The van der Waals surface area contributed by atoms with E-state index in [1.165, 1.54) is 17.8 Å². The molecule has 1 heterocycles. The summed E-state index contributed by atoms with van der Waals surface area (Å²) in [5.41, 5.74) is 1.40. The molecule has 0 aromatic carbocycles. The zero-order chi connectivity index (χ0) is 20.1. The standard InChI is InChI=1S/C21H28N2O4S/c1-3-12-22-18(24)13(2)27-21(26)17-15-10-7-11-16(15)28-20(17)23-19(25)14-8-5-4-6-9-14/h3,13-14H,1,4-12H2,2H3,(H,22,24)(H,23,25). The first-order chi connectivity index (χ1) is 13.5. The Bertz CT molecular complexity index is 765. The number of esters is 1. The molecule has 2 amide bonds. The van der Waals surface area contributed by atoms with Crippen LogP contribution in [0.25, 0.3) is 0 Å². The van der Waals surface area contributed by atoms with Crippen molar-refractivity contribution in [3.63, 3.8) is 0 Å². The van der Waals surface area contributed by atoms with Gasteiger partial charge in [0, 0.05) is 17.3 Å². The normalized spacial score (nSPS) is 17.5. The maximum atomic E-state index is 12.9. The van der Waals surface area contributed by atoms with E-state index < -0.39 is 12.1 Å². The van der Waals surface area contributed by atoms with E-state index in [1.807, 2.05) is 0 Å². The first-order valence-electron chi connectivity index (χ1n) is 10.1. The lowest BCUT2D eigenvalue weighted by Gasteiger charge is -2.21. The van der Waals surface area contributed by atoms with Gasteiger partial charge in [0.25, 0.3) is 5.91 Å². The minimum Gasteiger partial charge on any atom is -0.449 e. The molecule has 7 heteroatoms. The number of anilines is 1. The summed E-state index contributed by atoms with van der Waals surface area (Å²) in [6.07, 6.45) is 8.49. The average molecular weight is 405 g/mol. The molecule has 6 nitrogen and oxygen atoms in total. The van der Waals surface area contributed by atoms with Crippen molar-refractivity contribution in [3.05, 3.63) is 28.7 Å². The molecule has 1 atom stereocenters. The number of fused-ring (bicyclic) bond motifs is 1. The maximum Gasteiger partial charge on any atom is 0.342 e.